The quantitative estimate of drug-likeness (QED) is 0.189. The molecule has 1 fully saturated rings. The summed E-state index contributed by atoms with van der Waals surface area (Å²) < 4.78 is 8.87. The molecular formula is C38H44BrClN6O3. The number of nitrogens with zero attached hydrogens (tertiary/aromatic N) is 6. The summed E-state index contributed by atoms with van der Waals surface area (Å²) >= 11 is 10.1. The lowest BCUT2D eigenvalue weighted by atomic mass is 9.95. The molecule has 0 radical (unpaired) electrons. The number of carbonyl (C=O) groups is 2. The van der Waals surface area contributed by atoms with Crippen molar-refractivity contribution < 1.29 is 14.3 Å². The number of aryl methyl sites for hydroxylation is 4. The summed E-state index contributed by atoms with van der Waals surface area (Å²) in [6, 6.07) is 17.3. The Hall–Kier alpha value is -3.73. The first-order valence-electron chi connectivity index (χ1n) is 16.9. The Balaban J connectivity index is 1.35. The zero-order valence-electron chi connectivity index (χ0n) is 28.6. The molecule has 2 aromatic heterocycles. The molecule has 1 unspecified atom stereocenters. The van der Waals surface area contributed by atoms with Crippen LogP contribution in [0, 0.1) is 6.92 Å². The van der Waals surface area contributed by atoms with Crippen molar-refractivity contribution in [3.8, 4) is 0 Å². The van der Waals surface area contributed by atoms with Crippen molar-refractivity contribution in [3.63, 3.8) is 0 Å². The molecule has 1 aliphatic carbocycles. The predicted molar refractivity (Wildman–Crippen MR) is 194 cm³/mol. The number of rotatable bonds is 8. The van der Waals surface area contributed by atoms with Crippen molar-refractivity contribution in [2.24, 2.45) is 0 Å². The van der Waals surface area contributed by atoms with Gasteiger partial charge in [-0.1, -0.05) is 48.0 Å². The fraction of sp³-hybridized carbons (Fsp3) is 0.421. The number of amides is 2. The number of ether oxygens (including phenoxy) is 1. The summed E-state index contributed by atoms with van der Waals surface area (Å²) in [5.41, 5.74) is 5.71. The second-order valence-electron chi connectivity index (χ2n) is 14.0. The molecule has 9 nitrogen and oxygen atoms in total. The van der Waals surface area contributed by atoms with Gasteiger partial charge in [-0.05, 0) is 103 Å². The van der Waals surface area contributed by atoms with Crippen LogP contribution in [0.2, 0.25) is 5.02 Å². The van der Waals surface area contributed by atoms with E-state index in [1.807, 2.05) is 93.8 Å². The van der Waals surface area contributed by atoms with Crippen LogP contribution in [0.3, 0.4) is 0 Å². The normalized spacial score (nSPS) is 18.0. The second-order valence-corrected chi connectivity index (χ2v) is 15.3. The van der Waals surface area contributed by atoms with Crippen LogP contribution in [0.4, 0.5) is 4.79 Å². The van der Waals surface area contributed by atoms with Gasteiger partial charge in [0.05, 0.1) is 23.8 Å². The lowest BCUT2D eigenvalue weighted by molar-refractivity contribution is -0.140. The SMILES string of the molecule is Cc1cn(CCCN(Cc2ccccc2)C(=O)[C@H]2CN(C3c4ccc(Cl)cc4CCc4cc(Br)cnc43)CCN2C(=O)OC(C)(C)C)cn1. The Bertz CT molecular complexity index is 1740. The highest BCUT2D eigenvalue weighted by Gasteiger charge is 2.43. The number of imidazole rings is 1. The van der Waals surface area contributed by atoms with Gasteiger partial charge in [-0.2, -0.15) is 0 Å². The van der Waals surface area contributed by atoms with Crippen LogP contribution in [-0.2, 0) is 35.5 Å². The number of aromatic nitrogens is 3. The molecule has 2 aliphatic rings. The highest BCUT2D eigenvalue weighted by molar-refractivity contribution is 9.10. The number of carbonyl (C=O) groups excluding carboxylic acids is 2. The minimum atomic E-state index is -0.763. The molecule has 11 heteroatoms. The van der Waals surface area contributed by atoms with E-state index < -0.39 is 17.7 Å². The molecule has 2 amide bonds. The van der Waals surface area contributed by atoms with Gasteiger partial charge >= 0.3 is 6.09 Å². The molecule has 3 heterocycles. The van der Waals surface area contributed by atoms with Crippen LogP contribution in [0.25, 0.3) is 0 Å². The van der Waals surface area contributed by atoms with Crippen LogP contribution in [0.5, 0.6) is 0 Å². The zero-order chi connectivity index (χ0) is 34.7. The minimum absolute atomic E-state index is 0.102. The summed E-state index contributed by atoms with van der Waals surface area (Å²) in [5.74, 6) is -0.102. The van der Waals surface area contributed by atoms with E-state index in [0.29, 0.717) is 37.7 Å². The number of pyridine rings is 1. The van der Waals surface area contributed by atoms with Gasteiger partial charge < -0.3 is 14.2 Å². The number of halogens is 2. The first-order valence-corrected chi connectivity index (χ1v) is 18.1. The number of benzene rings is 2. The fourth-order valence-electron chi connectivity index (χ4n) is 6.89. The van der Waals surface area contributed by atoms with Gasteiger partial charge in [0, 0.05) is 61.2 Å². The number of piperazine rings is 1. The Labute approximate surface area is 302 Å². The molecular weight excluding hydrogens is 704 g/mol. The van der Waals surface area contributed by atoms with Gasteiger partial charge in [-0.15, -0.1) is 0 Å². The monoisotopic (exact) mass is 746 g/mol. The molecule has 6 rings (SSSR count). The summed E-state index contributed by atoms with van der Waals surface area (Å²) in [5, 5.41) is 0.697. The van der Waals surface area contributed by atoms with E-state index in [0.717, 1.165) is 58.4 Å². The van der Waals surface area contributed by atoms with E-state index in [4.69, 9.17) is 21.3 Å². The van der Waals surface area contributed by atoms with E-state index in [2.05, 4.69) is 42.5 Å². The third kappa shape index (κ3) is 8.53. The first kappa shape index (κ1) is 35.1. The molecule has 2 aromatic carbocycles. The van der Waals surface area contributed by atoms with Crippen molar-refractivity contribution in [1.82, 2.24) is 29.2 Å². The summed E-state index contributed by atoms with van der Waals surface area (Å²) in [6.07, 6.45) is 7.59. The molecule has 1 saturated heterocycles. The third-order valence-corrected chi connectivity index (χ3v) is 9.78. The molecule has 0 saturated carbocycles. The Morgan fingerprint density at radius 3 is 2.55 bits per heavy atom. The molecule has 0 spiro atoms. The minimum Gasteiger partial charge on any atom is -0.444 e. The van der Waals surface area contributed by atoms with Gasteiger partial charge in [0.15, 0.2) is 0 Å². The van der Waals surface area contributed by atoms with Crippen LogP contribution >= 0.6 is 27.5 Å². The van der Waals surface area contributed by atoms with Crippen molar-refractivity contribution in [2.45, 2.75) is 77.7 Å². The van der Waals surface area contributed by atoms with E-state index in [-0.39, 0.29) is 11.9 Å². The lowest BCUT2D eigenvalue weighted by Gasteiger charge is -2.45. The summed E-state index contributed by atoms with van der Waals surface area (Å²) in [6.45, 7) is 10.4. The zero-order valence-corrected chi connectivity index (χ0v) is 31.0. The average Bonchev–Trinajstić information content (AvgIpc) is 3.41. The molecule has 0 bridgehead atoms. The van der Waals surface area contributed by atoms with Gasteiger partial charge in [-0.25, -0.2) is 9.78 Å². The molecule has 4 aromatic rings. The summed E-state index contributed by atoms with van der Waals surface area (Å²) in [7, 11) is 0. The fourth-order valence-corrected chi connectivity index (χ4v) is 7.46. The number of hydrogen-bond acceptors (Lipinski definition) is 6. The first-order chi connectivity index (χ1) is 23.4. The van der Waals surface area contributed by atoms with Gasteiger partial charge in [0.1, 0.15) is 11.6 Å². The van der Waals surface area contributed by atoms with Gasteiger partial charge in [0.2, 0.25) is 5.91 Å². The Kier molecular flexibility index (Phi) is 10.8. The highest BCUT2D eigenvalue weighted by Crippen LogP contribution is 2.39. The molecule has 49 heavy (non-hydrogen) atoms. The van der Waals surface area contributed by atoms with Crippen LogP contribution in [0.15, 0.2) is 77.8 Å². The number of fused-ring (bicyclic) bond motifs is 2. The third-order valence-electron chi connectivity index (χ3n) is 9.11. The van der Waals surface area contributed by atoms with Crippen molar-refractivity contribution >= 4 is 39.5 Å². The maximum Gasteiger partial charge on any atom is 0.411 e. The smallest absolute Gasteiger partial charge is 0.411 e. The summed E-state index contributed by atoms with van der Waals surface area (Å²) in [4.78, 5) is 43.9. The lowest BCUT2D eigenvalue weighted by Crippen LogP contribution is -2.62. The Morgan fingerprint density at radius 1 is 1.04 bits per heavy atom. The largest absolute Gasteiger partial charge is 0.444 e. The standard InChI is InChI=1S/C38H44BrClN6O3/c1-26-22-43(25-42-26)15-8-16-45(23-27-9-6-5-7-10-27)36(47)33-24-44(17-18-46(33)37(48)49-38(2,3)4)35-32-14-13-31(40)20-28(32)11-12-29-19-30(39)21-41-34(29)35/h5-7,9-10,13-14,19-22,25,33,35H,8,11-12,15-18,23-24H2,1-4H3/t33-,35?/m1/s1. The second kappa shape index (κ2) is 15.0. The van der Waals surface area contributed by atoms with Crippen LogP contribution < -0.4 is 0 Å². The van der Waals surface area contributed by atoms with Crippen molar-refractivity contribution in [1.29, 1.82) is 0 Å². The van der Waals surface area contributed by atoms with Crippen molar-refractivity contribution in [3.05, 3.63) is 116 Å². The van der Waals surface area contributed by atoms with E-state index in [1.54, 1.807) is 4.90 Å². The molecule has 258 valence electrons. The van der Waals surface area contributed by atoms with E-state index in [9.17, 15) is 9.59 Å². The average molecular weight is 748 g/mol. The molecule has 2 atom stereocenters. The van der Waals surface area contributed by atoms with Crippen LogP contribution in [-0.4, -0.2) is 79.1 Å². The van der Waals surface area contributed by atoms with Gasteiger partial charge in [-0.3, -0.25) is 19.6 Å². The maximum absolute atomic E-state index is 14.9. The van der Waals surface area contributed by atoms with Gasteiger partial charge in [0.25, 0.3) is 0 Å². The molecule has 1 aliphatic heterocycles. The maximum atomic E-state index is 14.9. The Morgan fingerprint density at radius 2 is 1.82 bits per heavy atom. The highest BCUT2D eigenvalue weighted by atomic mass is 79.9. The molecule has 0 N–H and O–H groups in total. The van der Waals surface area contributed by atoms with Crippen molar-refractivity contribution in [2.75, 3.05) is 26.2 Å². The van der Waals surface area contributed by atoms with E-state index in [1.165, 1.54) is 5.56 Å². The van der Waals surface area contributed by atoms with E-state index >= 15 is 0 Å². The predicted octanol–water partition coefficient (Wildman–Crippen LogP) is 7.23. The van der Waals surface area contributed by atoms with Crippen LogP contribution in [0.1, 0.15) is 66.9 Å². The topological polar surface area (TPSA) is 83.8 Å². The number of hydrogen-bond donors (Lipinski definition) is 0.